The van der Waals surface area contributed by atoms with Crippen LogP contribution in [0.5, 0.6) is 0 Å². The van der Waals surface area contributed by atoms with Gasteiger partial charge >= 0.3 is 0 Å². The summed E-state index contributed by atoms with van der Waals surface area (Å²) in [4.78, 5) is 26.1. The van der Waals surface area contributed by atoms with E-state index in [4.69, 9.17) is 4.74 Å². The minimum atomic E-state index is -0.248. The number of anilines is 1. The van der Waals surface area contributed by atoms with Crippen molar-refractivity contribution in [2.75, 3.05) is 31.3 Å². The van der Waals surface area contributed by atoms with Crippen LogP contribution in [0, 0.1) is 0 Å². The highest BCUT2D eigenvalue weighted by molar-refractivity contribution is 7.99. The first kappa shape index (κ1) is 20.7. The van der Waals surface area contributed by atoms with Gasteiger partial charge in [-0.2, -0.15) is 0 Å². The van der Waals surface area contributed by atoms with Crippen LogP contribution in [0.25, 0.3) is 0 Å². The zero-order chi connectivity index (χ0) is 19.5. The molecule has 0 aromatic heterocycles. The van der Waals surface area contributed by atoms with Crippen molar-refractivity contribution >= 4 is 29.3 Å². The first-order valence-electron chi connectivity index (χ1n) is 8.67. The summed E-state index contributed by atoms with van der Waals surface area (Å²) < 4.78 is 4.98. The molecule has 0 aliphatic rings. The fraction of sp³-hybridized carbons (Fsp3) is 0.238. The Hall–Kier alpha value is -2.57. The van der Waals surface area contributed by atoms with E-state index in [9.17, 15) is 9.59 Å². The molecule has 0 radical (unpaired) electrons. The second kappa shape index (κ2) is 11.2. The third-order valence-corrected chi connectivity index (χ3v) is 4.79. The van der Waals surface area contributed by atoms with Gasteiger partial charge in [-0.1, -0.05) is 30.3 Å². The minimum Gasteiger partial charge on any atom is -0.385 e. The van der Waals surface area contributed by atoms with E-state index in [1.165, 1.54) is 0 Å². The molecule has 0 unspecified atom stereocenters. The number of amides is 2. The van der Waals surface area contributed by atoms with Crippen LogP contribution >= 0.6 is 11.8 Å². The lowest BCUT2D eigenvalue weighted by atomic mass is 10.1. The number of carbonyl (C=O) groups excluding carboxylic acids is 2. The largest absolute Gasteiger partial charge is 0.385 e. The van der Waals surface area contributed by atoms with E-state index in [1.807, 2.05) is 18.2 Å². The predicted molar refractivity (Wildman–Crippen MR) is 111 cm³/mol. The Bertz CT molecular complexity index is 793. The molecule has 0 fully saturated rings. The van der Waals surface area contributed by atoms with Crippen molar-refractivity contribution in [2.24, 2.45) is 0 Å². The highest BCUT2D eigenvalue weighted by Gasteiger charge is 2.16. The molecule has 0 atom stereocenters. The van der Waals surface area contributed by atoms with E-state index in [0.717, 1.165) is 11.3 Å². The second-order valence-corrected chi connectivity index (χ2v) is 6.76. The predicted octanol–water partition coefficient (Wildman–Crippen LogP) is 3.98. The van der Waals surface area contributed by atoms with Crippen LogP contribution in [-0.2, 0) is 4.74 Å². The Morgan fingerprint density at radius 2 is 1.78 bits per heavy atom. The van der Waals surface area contributed by atoms with Crippen LogP contribution in [0.4, 0.5) is 5.69 Å². The zero-order valence-electron chi connectivity index (χ0n) is 15.4. The fourth-order valence-corrected chi connectivity index (χ4v) is 3.21. The maximum Gasteiger partial charge on any atom is 0.256 e. The Morgan fingerprint density at radius 3 is 2.52 bits per heavy atom. The lowest BCUT2D eigenvalue weighted by Gasteiger charge is -2.13. The first-order chi connectivity index (χ1) is 13.2. The number of thioether (sulfide) groups is 1. The van der Waals surface area contributed by atoms with Gasteiger partial charge in [0.25, 0.3) is 11.8 Å². The molecule has 0 saturated carbocycles. The average Bonchev–Trinajstić information content (AvgIpc) is 2.70. The normalized spacial score (nSPS) is 10.3. The van der Waals surface area contributed by atoms with Crippen molar-refractivity contribution < 1.29 is 14.3 Å². The van der Waals surface area contributed by atoms with Gasteiger partial charge in [0.05, 0.1) is 16.8 Å². The van der Waals surface area contributed by atoms with Crippen molar-refractivity contribution in [3.05, 3.63) is 72.3 Å². The van der Waals surface area contributed by atoms with Crippen LogP contribution in [0.2, 0.25) is 0 Å². The Labute approximate surface area is 164 Å². The van der Waals surface area contributed by atoms with Gasteiger partial charge in [0.15, 0.2) is 0 Å². The summed E-state index contributed by atoms with van der Waals surface area (Å²) in [6.07, 6.45) is 2.52. The van der Waals surface area contributed by atoms with Gasteiger partial charge in [0.2, 0.25) is 0 Å². The summed E-state index contributed by atoms with van der Waals surface area (Å²) in [5, 5.41) is 5.70. The van der Waals surface area contributed by atoms with E-state index in [0.29, 0.717) is 35.7 Å². The quantitative estimate of drug-likeness (QED) is 0.369. The molecule has 0 bridgehead atoms. The van der Waals surface area contributed by atoms with Crippen molar-refractivity contribution in [2.45, 2.75) is 11.3 Å². The lowest BCUT2D eigenvalue weighted by Crippen LogP contribution is -2.26. The van der Waals surface area contributed by atoms with E-state index in [-0.39, 0.29) is 11.8 Å². The zero-order valence-corrected chi connectivity index (χ0v) is 16.2. The van der Waals surface area contributed by atoms with Crippen molar-refractivity contribution in [1.82, 2.24) is 5.32 Å². The monoisotopic (exact) mass is 384 g/mol. The number of hydrogen-bond donors (Lipinski definition) is 2. The van der Waals surface area contributed by atoms with E-state index in [1.54, 1.807) is 55.3 Å². The molecule has 0 aliphatic carbocycles. The van der Waals surface area contributed by atoms with Gasteiger partial charge in [-0.3, -0.25) is 9.59 Å². The van der Waals surface area contributed by atoms with Crippen LogP contribution in [0.1, 0.15) is 27.1 Å². The summed E-state index contributed by atoms with van der Waals surface area (Å²) in [5.41, 5.74) is 1.48. The van der Waals surface area contributed by atoms with Gasteiger partial charge in [0.1, 0.15) is 0 Å². The highest BCUT2D eigenvalue weighted by Crippen LogP contribution is 2.24. The molecule has 0 aliphatic heterocycles. The summed E-state index contributed by atoms with van der Waals surface area (Å²) in [6.45, 7) is 4.80. The summed E-state index contributed by atoms with van der Waals surface area (Å²) in [6, 6.07) is 14.4. The number of benzene rings is 2. The fourth-order valence-electron chi connectivity index (χ4n) is 2.42. The average molecular weight is 385 g/mol. The van der Waals surface area contributed by atoms with E-state index in [2.05, 4.69) is 17.2 Å². The molecule has 0 spiro atoms. The van der Waals surface area contributed by atoms with E-state index >= 15 is 0 Å². The van der Waals surface area contributed by atoms with Crippen LogP contribution in [0.3, 0.4) is 0 Å². The Morgan fingerprint density at radius 1 is 1.07 bits per heavy atom. The number of hydrogen-bond acceptors (Lipinski definition) is 4. The summed E-state index contributed by atoms with van der Waals surface area (Å²) in [7, 11) is 1.62. The molecule has 0 heterocycles. The van der Waals surface area contributed by atoms with Crippen molar-refractivity contribution in [3.8, 4) is 0 Å². The number of carbonyl (C=O) groups is 2. The molecular formula is C21H24N2O3S. The molecule has 2 aromatic rings. The number of methoxy groups -OCH3 is 1. The SMILES string of the molecule is C=CCSc1ccccc1C(=O)Nc1ccccc1C(=O)NCCCOC. The maximum absolute atomic E-state index is 12.8. The van der Waals surface area contributed by atoms with Crippen LogP contribution < -0.4 is 10.6 Å². The smallest absolute Gasteiger partial charge is 0.256 e. The highest BCUT2D eigenvalue weighted by atomic mass is 32.2. The van der Waals surface area contributed by atoms with Gasteiger partial charge in [0, 0.05) is 30.9 Å². The molecule has 2 N–H and O–H groups in total. The number of para-hydroxylation sites is 1. The maximum atomic E-state index is 12.8. The molecule has 27 heavy (non-hydrogen) atoms. The van der Waals surface area contributed by atoms with Crippen molar-refractivity contribution in [3.63, 3.8) is 0 Å². The Balaban J connectivity index is 2.12. The van der Waals surface area contributed by atoms with Gasteiger partial charge in [-0.15, -0.1) is 18.3 Å². The lowest BCUT2D eigenvalue weighted by molar-refractivity contribution is 0.0949. The molecule has 5 nitrogen and oxygen atoms in total. The van der Waals surface area contributed by atoms with Crippen LogP contribution in [-0.4, -0.2) is 37.8 Å². The third kappa shape index (κ3) is 6.27. The number of rotatable bonds is 10. The standard InChI is InChI=1S/C21H24N2O3S/c1-3-15-27-19-12-7-5-10-17(19)21(25)23-18-11-6-4-9-16(18)20(24)22-13-8-14-26-2/h3-7,9-12H,1,8,13-15H2,2H3,(H,22,24)(H,23,25). The second-order valence-electron chi connectivity index (χ2n) is 5.70. The van der Waals surface area contributed by atoms with E-state index < -0.39 is 0 Å². The molecular weight excluding hydrogens is 360 g/mol. The van der Waals surface area contributed by atoms with Gasteiger partial charge in [-0.05, 0) is 30.7 Å². The molecule has 6 heteroatoms. The summed E-state index contributed by atoms with van der Waals surface area (Å²) >= 11 is 1.54. The number of nitrogens with one attached hydrogen (secondary N) is 2. The topological polar surface area (TPSA) is 67.4 Å². The van der Waals surface area contributed by atoms with Gasteiger partial charge in [-0.25, -0.2) is 0 Å². The number of ether oxygens (including phenoxy) is 1. The van der Waals surface area contributed by atoms with Gasteiger partial charge < -0.3 is 15.4 Å². The van der Waals surface area contributed by atoms with Crippen LogP contribution in [0.15, 0.2) is 66.1 Å². The molecule has 0 saturated heterocycles. The summed E-state index contributed by atoms with van der Waals surface area (Å²) in [5.74, 6) is 0.239. The third-order valence-electron chi connectivity index (χ3n) is 3.72. The first-order valence-corrected chi connectivity index (χ1v) is 9.66. The minimum absolute atomic E-state index is 0.226. The molecule has 2 rings (SSSR count). The molecule has 142 valence electrons. The Kier molecular flexibility index (Phi) is 8.61. The molecule has 2 aromatic carbocycles. The molecule has 2 amide bonds. The van der Waals surface area contributed by atoms with Crippen molar-refractivity contribution in [1.29, 1.82) is 0 Å².